The van der Waals surface area contributed by atoms with Gasteiger partial charge in [-0.25, -0.2) is 9.37 Å². The van der Waals surface area contributed by atoms with Gasteiger partial charge in [0.2, 0.25) is 0 Å². The zero-order valence-electron chi connectivity index (χ0n) is 8.12. The second kappa shape index (κ2) is 3.43. The normalized spacial score (nSPS) is 13.0. The Balaban J connectivity index is 2.85. The quantitative estimate of drug-likeness (QED) is 0.735. The van der Waals surface area contributed by atoms with E-state index in [1.165, 1.54) is 12.1 Å². The summed E-state index contributed by atoms with van der Waals surface area (Å²) in [6.07, 6.45) is 0. The molecule has 0 bridgehead atoms. The lowest BCUT2D eigenvalue weighted by atomic mass is 10.2. The molecule has 0 amide bonds. The molecule has 5 heteroatoms. The maximum Gasteiger partial charge on any atom is 0.261 e. The van der Waals surface area contributed by atoms with Crippen LogP contribution in [-0.4, -0.2) is 9.97 Å². The van der Waals surface area contributed by atoms with Crippen LogP contribution in [0.2, 0.25) is 0 Å². The molecule has 0 unspecified atom stereocenters. The van der Waals surface area contributed by atoms with Gasteiger partial charge in [-0.05, 0) is 19.1 Å². The molecule has 78 valence electrons. The molecule has 0 aliphatic rings. The topological polar surface area (TPSA) is 71.8 Å². The predicted octanol–water partition coefficient (Wildman–Crippen LogP) is 1.08. The van der Waals surface area contributed by atoms with Crippen LogP contribution in [0.25, 0.3) is 10.9 Å². The number of benzene rings is 1. The SMILES string of the molecule is C[C@H](N)c1nc2cccc(F)c2c(=O)[nH]1. The largest absolute Gasteiger partial charge is 0.322 e. The van der Waals surface area contributed by atoms with Gasteiger partial charge in [-0.15, -0.1) is 0 Å². The van der Waals surface area contributed by atoms with Crippen molar-refractivity contribution in [1.82, 2.24) is 9.97 Å². The van der Waals surface area contributed by atoms with E-state index in [4.69, 9.17) is 5.73 Å². The van der Waals surface area contributed by atoms with E-state index in [-0.39, 0.29) is 11.4 Å². The van der Waals surface area contributed by atoms with Crippen LogP contribution in [0, 0.1) is 5.82 Å². The highest BCUT2D eigenvalue weighted by Crippen LogP contribution is 2.12. The summed E-state index contributed by atoms with van der Waals surface area (Å²) < 4.78 is 13.3. The van der Waals surface area contributed by atoms with Crippen LogP contribution in [0.5, 0.6) is 0 Å². The van der Waals surface area contributed by atoms with Gasteiger partial charge >= 0.3 is 0 Å². The van der Waals surface area contributed by atoms with Gasteiger partial charge in [-0.1, -0.05) is 6.07 Å². The Kier molecular flexibility index (Phi) is 2.24. The summed E-state index contributed by atoms with van der Waals surface area (Å²) in [6.45, 7) is 1.70. The summed E-state index contributed by atoms with van der Waals surface area (Å²) in [5.41, 5.74) is 5.42. The molecular formula is C10H10FN3O. The van der Waals surface area contributed by atoms with Gasteiger partial charge < -0.3 is 10.7 Å². The Morgan fingerprint density at radius 2 is 2.27 bits per heavy atom. The molecule has 2 rings (SSSR count). The number of nitrogens with one attached hydrogen (secondary N) is 1. The summed E-state index contributed by atoms with van der Waals surface area (Å²) in [7, 11) is 0. The van der Waals surface area contributed by atoms with Crippen molar-refractivity contribution in [3.05, 3.63) is 40.2 Å². The molecule has 1 aromatic carbocycles. The van der Waals surface area contributed by atoms with Crippen molar-refractivity contribution < 1.29 is 4.39 Å². The number of aromatic nitrogens is 2. The summed E-state index contributed by atoms with van der Waals surface area (Å²) in [5.74, 6) is -0.212. The number of hydrogen-bond acceptors (Lipinski definition) is 3. The fourth-order valence-electron chi connectivity index (χ4n) is 1.38. The molecule has 0 saturated carbocycles. The fourth-order valence-corrected chi connectivity index (χ4v) is 1.38. The van der Waals surface area contributed by atoms with Crippen LogP contribution in [-0.2, 0) is 0 Å². The van der Waals surface area contributed by atoms with Gasteiger partial charge in [0.15, 0.2) is 0 Å². The summed E-state index contributed by atoms with van der Waals surface area (Å²) in [5, 5.41) is -0.0260. The van der Waals surface area contributed by atoms with E-state index in [2.05, 4.69) is 9.97 Å². The summed E-state index contributed by atoms with van der Waals surface area (Å²) in [6, 6.07) is 3.93. The third-order valence-corrected chi connectivity index (χ3v) is 2.13. The average Bonchev–Trinajstić information content (AvgIpc) is 2.17. The zero-order chi connectivity index (χ0) is 11.0. The van der Waals surface area contributed by atoms with E-state index in [9.17, 15) is 9.18 Å². The highest BCUT2D eigenvalue weighted by atomic mass is 19.1. The highest BCUT2D eigenvalue weighted by Gasteiger charge is 2.09. The molecule has 1 heterocycles. The second-order valence-electron chi connectivity index (χ2n) is 3.37. The molecule has 4 nitrogen and oxygen atoms in total. The lowest BCUT2D eigenvalue weighted by Crippen LogP contribution is -2.18. The molecule has 1 atom stereocenters. The summed E-state index contributed by atoms with van der Waals surface area (Å²) >= 11 is 0. The maximum absolute atomic E-state index is 13.3. The molecule has 0 spiro atoms. The first-order valence-electron chi connectivity index (χ1n) is 4.53. The third-order valence-electron chi connectivity index (χ3n) is 2.13. The minimum atomic E-state index is -0.572. The van der Waals surface area contributed by atoms with Gasteiger partial charge in [0, 0.05) is 0 Å². The number of halogens is 1. The monoisotopic (exact) mass is 207 g/mol. The standard InChI is InChI=1S/C10H10FN3O/c1-5(12)9-13-7-4-2-3-6(11)8(7)10(15)14-9/h2-5H,12H2,1H3,(H,13,14,15)/t5-/m0/s1. The number of hydrogen-bond donors (Lipinski definition) is 2. The van der Waals surface area contributed by atoms with E-state index in [0.717, 1.165) is 0 Å². The Morgan fingerprint density at radius 1 is 1.53 bits per heavy atom. The number of nitrogens with zero attached hydrogens (tertiary/aromatic N) is 1. The number of H-pyrrole nitrogens is 1. The molecule has 1 aromatic heterocycles. The lowest BCUT2D eigenvalue weighted by Gasteiger charge is -2.05. The van der Waals surface area contributed by atoms with Gasteiger partial charge in [-0.2, -0.15) is 0 Å². The minimum absolute atomic E-state index is 0.0260. The van der Waals surface area contributed by atoms with E-state index in [1.807, 2.05) is 0 Å². The van der Waals surface area contributed by atoms with Crippen molar-refractivity contribution >= 4 is 10.9 Å². The number of rotatable bonds is 1. The van der Waals surface area contributed by atoms with Crippen molar-refractivity contribution in [2.75, 3.05) is 0 Å². The average molecular weight is 207 g/mol. The first-order chi connectivity index (χ1) is 7.09. The first kappa shape index (κ1) is 9.79. The molecule has 0 saturated heterocycles. The van der Waals surface area contributed by atoms with Gasteiger partial charge in [-0.3, -0.25) is 4.79 Å². The van der Waals surface area contributed by atoms with Crippen LogP contribution in [0.4, 0.5) is 4.39 Å². The van der Waals surface area contributed by atoms with Crippen LogP contribution in [0.15, 0.2) is 23.0 Å². The zero-order valence-corrected chi connectivity index (χ0v) is 8.12. The van der Waals surface area contributed by atoms with Crippen molar-refractivity contribution in [3.63, 3.8) is 0 Å². The van der Waals surface area contributed by atoms with Crippen LogP contribution < -0.4 is 11.3 Å². The van der Waals surface area contributed by atoms with E-state index in [0.29, 0.717) is 11.3 Å². The molecule has 2 aromatic rings. The third kappa shape index (κ3) is 1.61. The minimum Gasteiger partial charge on any atom is -0.322 e. The molecular weight excluding hydrogens is 197 g/mol. The van der Waals surface area contributed by atoms with Gasteiger partial charge in [0.25, 0.3) is 5.56 Å². The Morgan fingerprint density at radius 3 is 2.93 bits per heavy atom. The molecule has 0 radical (unpaired) electrons. The first-order valence-corrected chi connectivity index (χ1v) is 4.53. The Hall–Kier alpha value is -1.75. The Bertz CT molecular complexity index is 562. The predicted molar refractivity (Wildman–Crippen MR) is 54.9 cm³/mol. The van der Waals surface area contributed by atoms with E-state index in [1.54, 1.807) is 13.0 Å². The highest BCUT2D eigenvalue weighted by molar-refractivity contribution is 5.77. The smallest absolute Gasteiger partial charge is 0.261 e. The van der Waals surface area contributed by atoms with Crippen molar-refractivity contribution in [2.45, 2.75) is 13.0 Å². The van der Waals surface area contributed by atoms with Crippen LogP contribution in [0.1, 0.15) is 18.8 Å². The maximum atomic E-state index is 13.3. The second-order valence-corrected chi connectivity index (χ2v) is 3.37. The van der Waals surface area contributed by atoms with E-state index >= 15 is 0 Å². The van der Waals surface area contributed by atoms with Gasteiger partial charge in [0.1, 0.15) is 17.0 Å². The molecule has 0 aliphatic carbocycles. The summed E-state index contributed by atoms with van der Waals surface area (Å²) in [4.78, 5) is 18.1. The molecule has 0 aliphatic heterocycles. The van der Waals surface area contributed by atoms with Crippen LogP contribution >= 0.6 is 0 Å². The molecule has 15 heavy (non-hydrogen) atoms. The number of nitrogens with two attached hydrogens (primary N) is 1. The number of fused-ring (bicyclic) bond motifs is 1. The van der Waals surface area contributed by atoms with Crippen molar-refractivity contribution in [2.24, 2.45) is 5.73 Å². The Labute approximate surface area is 84.9 Å². The lowest BCUT2D eigenvalue weighted by molar-refractivity contribution is 0.637. The number of aromatic amines is 1. The van der Waals surface area contributed by atoms with Crippen molar-refractivity contribution in [3.8, 4) is 0 Å². The molecule has 3 N–H and O–H groups in total. The van der Waals surface area contributed by atoms with Crippen LogP contribution in [0.3, 0.4) is 0 Å². The molecule has 0 fully saturated rings. The van der Waals surface area contributed by atoms with Crippen molar-refractivity contribution in [1.29, 1.82) is 0 Å². The fraction of sp³-hybridized carbons (Fsp3) is 0.200. The van der Waals surface area contributed by atoms with E-state index < -0.39 is 11.4 Å². The van der Waals surface area contributed by atoms with Gasteiger partial charge in [0.05, 0.1) is 11.6 Å².